The molecule has 0 saturated carbocycles. The third-order valence-electron chi connectivity index (χ3n) is 2.46. The third-order valence-corrected chi connectivity index (χ3v) is 2.46. The van der Waals surface area contributed by atoms with Crippen LogP contribution in [0.3, 0.4) is 0 Å². The highest BCUT2D eigenvalue weighted by Crippen LogP contribution is 2.11. The van der Waals surface area contributed by atoms with Crippen molar-refractivity contribution in [1.29, 1.82) is 0 Å². The Bertz CT molecular complexity index is 447. The van der Waals surface area contributed by atoms with Gasteiger partial charge in [0.05, 0.1) is 11.7 Å². The fourth-order valence-electron chi connectivity index (χ4n) is 1.68. The molecule has 4 nitrogen and oxygen atoms in total. The standard InChI is InChI=1S/C11H16N4/c1-13-5-2-3-11-14-8-10-7-9(12)4-6-15(10)11/h4,6-8,13H,2-3,5,12H2,1H3. The Balaban J connectivity index is 2.21. The summed E-state index contributed by atoms with van der Waals surface area (Å²) < 4.78 is 2.09. The summed E-state index contributed by atoms with van der Waals surface area (Å²) in [5, 5.41) is 3.13. The van der Waals surface area contributed by atoms with E-state index in [0.29, 0.717) is 0 Å². The molecule has 3 N–H and O–H groups in total. The van der Waals surface area contributed by atoms with Crippen LogP contribution < -0.4 is 11.1 Å². The van der Waals surface area contributed by atoms with Gasteiger partial charge in [-0.2, -0.15) is 0 Å². The molecule has 0 aliphatic heterocycles. The number of nitrogens with zero attached hydrogens (tertiary/aromatic N) is 2. The molecule has 0 fully saturated rings. The second-order valence-corrected chi connectivity index (χ2v) is 3.64. The van der Waals surface area contributed by atoms with E-state index in [0.717, 1.165) is 36.4 Å². The molecule has 0 saturated heterocycles. The van der Waals surface area contributed by atoms with Crippen LogP contribution in [0.15, 0.2) is 24.5 Å². The van der Waals surface area contributed by atoms with Crippen molar-refractivity contribution >= 4 is 11.2 Å². The summed E-state index contributed by atoms with van der Waals surface area (Å²) in [5.74, 6) is 1.10. The zero-order valence-corrected chi connectivity index (χ0v) is 8.90. The van der Waals surface area contributed by atoms with Crippen LogP contribution in [0.2, 0.25) is 0 Å². The number of nitrogen functional groups attached to an aromatic ring is 1. The number of nitrogens with two attached hydrogens (primary N) is 1. The lowest BCUT2D eigenvalue weighted by Crippen LogP contribution is -2.09. The van der Waals surface area contributed by atoms with Gasteiger partial charge in [-0.05, 0) is 32.1 Å². The number of nitrogens with one attached hydrogen (secondary N) is 1. The molecule has 0 spiro atoms. The van der Waals surface area contributed by atoms with Crippen molar-refractivity contribution < 1.29 is 0 Å². The van der Waals surface area contributed by atoms with Crippen LogP contribution in [-0.2, 0) is 6.42 Å². The summed E-state index contributed by atoms with van der Waals surface area (Å²) in [5.41, 5.74) is 7.55. The largest absolute Gasteiger partial charge is 0.399 e. The molecule has 0 aromatic carbocycles. The van der Waals surface area contributed by atoms with Gasteiger partial charge in [0.25, 0.3) is 0 Å². The monoisotopic (exact) mass is 204 g/mol. The molecule has 2 aromatic rings. The zero-order valence-electron chi connectivity index (χ0n) is 8.90. The van der Waals surface area contributed by atoms with E-state index in [4.69, 9.17) is 5.73 Å². The lowest BCUT2D eigenvalue weighted by Gasteiger charge is -2.01. The van der Waals surface area contributed by atoms with E-state index in [1.54, 1.807) is 0 Å². The second kappa shape index (κ2) is 4.31. The molecule has 0 unspecified atom stereocenters. The van der Waals surface area contributed by atoms with Crippen molar-refractivity contribution in [2.24, 2.45) is 0 Å². The molecule has 80 valence electrons. The van der Waals surface area contributed by atoms with Gasteiger partial charge in [0, 0.05) is 18.3 Å². The number of hydrogen-bond acceptors (Lipinski definition) is 3. The average molecular weight is 204 g/mol. The highest BCUT2D eigenvalue weighted by Gasteiger charge is 2.02. The minimum Gasteiger partial charge on any atom is -0.399 e. The molecule has 4 heteroatoms. The number of anilines is 1. The summed E-state index contributed by atoms with van der Waals surface area (Å²) in [6.45, 7) is 1.02. The predicted octanol–water partition coefficient (Wildman–Crippen LogP) is 1.07. The third kappa shape index (κ3) is 2.10. The van der Waals surface area contributed by atoms with Crippen LogP contribution in [0.4, 0.5) is 5.69 Å². The van der Waals surface area contributed by atoms with Gasteiger partial charge < -0.3 is 15.5 Å². The lowest BCUT2D eigenvalue weighted by molar-refractivity contribution is 0.701. The number of aryl methyl sites for hydroxylation is 1. The van der Waals surface area contributed by atoms with Crippen molar-refractivity contribution in [3.8, 4) is 0 Å². The first-order valence-electron chi connectivity index (χ1n) is 5.17. The van der Waals surface area contributed by atoms with Crippen molar-refractivity contribution in [2.75, 3.05) is 19.3 Å². The normalized spacial score (nSPS) is 11.0. The van der Waals surface area contributed by atoms with Gasteiger partial charge in [0.1, 0.15) is 5.82 Å². The molecule has 0 aliphatic carbocycles. The number of aromatic nitrogens is 2. The molecule has 0 aliphatic rings. The molecule has 2 aromatic heterocycles. The Kier molecular flexibility index (Phi) is 2.87. The van der Waals surface area contributed by atoms with Gasteiger partial charge >= 0.3 is 0 Å². The van der Waals surface area contributed by atoms with Crippen molar-refractivity contribution in [2.45, 2.75) is 12.8 Å². The Morgan fingerprint density at radius 2 is 2.40 bits per heavy atom. The fraction of sp³-hybridized carbons (Fsp3) is 0.364. The van der Waals surface area contributed by atoms with Crippen LogP contribution in [-0.4, -0.2) is 23.0 Å². The summed E-state index contributed by atoms with van der Waals surface area (Å²) in [6, 6.07) is 3.84. The first-order valence-corrected chi connectivity index (χ1v) is 5.17. The topological polar surface area (TPSA) is 55.3 Å². The van der Waals surface area contributed by atoms with E-state index in [-0.39, 0.29) is 0 Å². The number of imidazole rings is 1. The SMILES string of the molecule is CNCCCc1ncc2cc(N)ccn12. The summed E-state index contributed by atoms with van der Waals surface area (Å²) in [7, 11) is 1.96. The van der Waals surface area contributed by atoms with E-state index < -0.39 is 0 Å². The van der Waals surface area contributed by atoms with Gasteiger partial charge in [-0.3, -0.25) is 0 Å². The maximum atomic E-state index is 5.70. The molecule has 0 amide bonds. The van der Waals surface area contributed by atoms with Crippen molar-refractivity contribution in [3.63, 3.8) is 0 Å². The van der Waals surface area contributed by atoms with Crippen LogP contribution in [0.5, 0.6) is 0 Å². The highest BCUT2D eigenvalue weighted by atomic mass is 15.0. The van der Waals surface area contributed by atoms with Crippen LogP contribution in [0.1, 0.15) is 12.2 Å². The van der Waals surface area contributed by atoms with E-state index in [1.165, 1.54) is 0 Å². The van der Waals surface area contributed by atoms with Crippen LogP contribution in [0, 0.1) is 0 Å². The molecule has 0 atom stereocenters. The predicted molar refractivity (Wildman–Crippen MR) is 61.9 cm³/mol. The van der Waals surface area contributed by atoms with Gasteiger partial charge in [-0.15, -0.1) is 0 Å². The van der Waals surface area contributed by atoms with Gasteiger partial charge in [0.2, 0.25) is 0 Å². The second-order valence-electron chi connectivity index (χ2n) is 3.64. The Morgan fingerprint density at radius 3 is 3.20 bits per heavy atom. The Morgan fingerprint density at radius 1 is 1.53 bits per heavy atom. The fourth-order valence-corrected chi connectivity index (χ4v) is 1.68. The van der Waals surface area contributed by atoms with Crippen molar-refractivity contribution in [3.05, 3.63) is 30.4 Å². The molecule has 2 heterocycles. The number of hydrogen-bond donors (Lipinski definition) is 2. The van der Waals surface area contributed by atoms with Gasteiger partial charge in [-0.1, -0.05) is 0 Å². The molecule has 0 bridgehead atoms. The molecule has 15 heavy (non-hydrogen) atoms. The van der Waals surface area contributed by atoms with Gasteiger partial charge in [-0.25, -0.2) is 4.98 Å². The van der Waals surface area contributed by atoms with E-state index in [1.807, 2.05) is 31.6 Å². The summed E-state index contributed by atoms with van der Waals surface area (Å²) >= 11 is 0. The minimum absolute atomic E-state index is 0.782. The molecule has 2 rings (SSSR count). The maximum Gasteiger partial charge on any atom is 0.113 e. The van der Waals surface area contributed by atoms with Crippen LogP contribution >= 0.6 is 0 Å². The van der Waals surface area contributed by atoms with Crippen molar-refractivity contribution in [1.82, 2.24) is 14.7 Å². The highest BCUT2D eigenvalue weighted by molar-refractivity contribution is 5.55. The van der Waals surface area contributed by atoms with Crippen LogP contribution in [0.25, 0.3) is 5.52 Å². The lowest BCUT2D eigenvalue weighted by atomic mass is 10.3. The molecular formula is C11H16N4. The Labute approximate surface area is 89.1 Å². The first-order chi connectivity index (χ1) is 7.31. The van der Waals surface area contributed by atoms with E-state index in [2.05, 4.69) is 14.7 Å². The molecular weight excluding hydrogens is 188 g/mol. The number of pyridine rings is 1. The van der Waals surface area contributed by atoms with Gasteiger partial charge in [0.15, 0.2) is 0 Å². The number of fused-ring (bicyclic) bond motifs is 1. The molecule has 0 radical (unpaired) electrons. The quantitative estimate of drug-likeness (QED) is 0.732. The Hall–Kier alpha value is -1.55. The maximum absolute atomic E-state index is 5.70. The van der Waals surface area contributed by atoms with E-state index in [9.17, 15) is 0 Å². The first kappa shape index (κ1) is 9.98. The smallest absolute Gasteiger partial charge is 0.113 e. The zero-order chi connectivity index (χ0) is 10.7. The van der Waals surface area contributed by atoms with E-state index >= 15 is 0 Å². The minimum atomic E-state index is 0.782. The summed E-state index contributed by atoms with van der Waals surface area (Å²) in [4.78, 5) is 4.39. The average Bonchev–Trinajstić information content (AvgIpc) is 2.61. The summed E-state index contributed by atoms with van der Waals surface area (Å²) in [6.07, 6.45) is 5.93. The number of rotatable bonds is 4.